The van der Waals surface area contributed by atoms with Gasteiger partial charge in [-0.05, 0) is 63.6 Å². The summed E-state index contributed by atoms with van der Waals surface area (Å²) in [6.45, 7) is 7.42. The fourth-order valence-electron chi connectivity index (χ4n) is 4.26. The van der Waals surface area contributed by atoms with Crippen LogP contribution in [0.5, 0.6) is 0 Å². The first-order chi connectivity index (χ1) is 16.8. The van der Waals surface area contributed by atoms with Crippen molar-refractivity contribution in [2.75, 3.05) is 5.32 Å². The van der Waals surface area contributed by atoms with Gasteiger partial charge in [-0.15, -0.1) is 0 Å². The van der Waals surface area contributed by atoms with Gasteiger partial charge in [0.2, 0.25) is 5.91 Å². The zero-order valence-electron chi connectivity index (χ0n) is 20.1. The topological polar surface area (TPSA) is 86.7 Å². The van der Waals surface area contributed by atoms with Crippen molar-refractivity contribution in [3.8, 4) is 11.5 Å². The number of carbonyl (C=O) groups is 1. The SMILES string of the molecule is Cc1ccc(NC(=O)[C@H](C)n2nc(C)c3nn(-c4ccccc4)c(-n4cccc4)c3c2=O)c(C)c1. The van der Waals surface area contributed by atoms with E-state index in [1.807, 2.05) is 91.5 Å². The Hall–Kier alpha value is -4.46. The summed E-state index contributed by atoms with van der Waals surface area (Å²) in [5.41, 5.74) is 4.29. The van der Waals surface area contributed by atoms with Gasteiger partial charge in [-0.2, -0.15) is 10.2 Å². The van der Waals surface area contributed by atoms with Crippen LogP contribution in [-0.4, -0.2) is 30.0 Å². The largest absolute Gasteiger partial charge is 0.324 e. The molecule has 3 heterocycles. The lowest BCUT2D eigenvalue weighted by Crippen LogP contribution is -2.34. The second-order valence-corrected chi connectivity index (χ2v) is 8.70. The summed E-state index contributed by atoms with van der Waals surface area (Å²) in [7, 11) is 0. The summed E-state index contributed by atoms with van der Waals surface area (Å²) in [6.07, 6.45) is 3.73. The van der Waals surface area contributed by atoms with Crippen LogP contribution in [0, 0.1) is 20.8 Å². The van der Waals surface area contributed by atoms with Crippen molar-refractivity contribution >= 4 is 22.5 Å². The van der Waals surface area contributed by atoms with Crippen LogP contribution in [0.1, 0.15) is 29.8 Å². The standard InChI is InChI=1S/C27H26N6O2/c1-17-12-13-22(18(2)16-17)28-25(34)20(4)32-27(35)23-24(19(3)29-32)30-33(21-10-6-5-7-11-21)26(23)31-14-8-9-15-31/h5-16,20H,1-4H3,(H,28,34)/t20-/m0/s1. The van der Waals surface area contributed by atoms with Crippen molar-refractivity contribution in [1.82, 2.24) is 24.1 Å². The number of nitrogens with zero attached hydrogens (tertiary/aromatic N) is 5. The molecule has 5 aromatic rings. The van der Waals surface area contributed by atoms with Gasteiger partial charge in [0.05, 0.1) is 11.4 Å². The van der Waals surface area contributed by atoms with Gasteiger partial charge in [-0.3, -0.25) is 9.59 Å². The number of amides is 1. The molecule has 1 atom stereocenters. The highest BCUT2D eigenvalue weighted by Crippen LogP contribution is 2.25. The van der Waals surface area contributed by atoms with Crippen LogP contribution in [0.15, 0.2) is 77.9 Å². The molecule has 5 rings (SSSR count). The van der Waals surface area contributed by atoms with Crippen LogP contribution in [0.3, 0.4) is 0 Å². The Morgan fingerprint density at radius 2 is 1.66 bits per heavy atom. The number of carbonyl (C=O) groups excluding carboxylic acids is 1. The van der Waals surface area contributed by atoms with Gasteiger partial charge in [0.15, 0.2) is 5.82 Å². The van der Waals surface area contributed by atoms with Crippen LogP contribution in [0.2, 0.25) is 0 Å². The number of benzene rings is 2. The first kappa shape index (κ1) is 22.3. The molecule has 0 aliphatic rings. The van der Waals surface area contributed by atoms with Crippen molar-refractivity contribution in [2.24, 2.45) is 0 Å². The molecule has 3 aromatic heterocycles. The molecular formula is C27H26N6O2. The average Bonchev–Trinajstić information content (AvgIpc) is 3.51. The highest BCUT2D eigenvalue weighted by Gasteiger charge is 2.25. The van der Waals surface area contributed by atoms with E-state index in [-0.39, 0.29) is 11.5 Å². The van der Waals surface area contributed by atoms with Crippen molar-refractivity contribution in [1.29, 1.82) is 0 Å². The molecule has 0 spiro atoms. The minimum Gasteiger partial charge on any atom is -0.324 e. The molecule has 0 saturated carbocycles. The molecule has 8 nitrogen and oxygen atoms in total. The molecule has 0 radical (unpaired) electrons. The van der Waals surface area contributed by atoms with E-state index in [0.29, 0.717) is 28.1 Å². The predicted octanol–water partition coefficient (Wildman–Crippen LogP) is 4.50. The number of rotatable bonds is 5. The Kier molecular flexibility index (Phi) is 5.56. The summed E-state index contributed by atoms with van der Waals surface area (Å²) in [4.78, 5) is 27.0. The molecule has 0 fully saturated rings. The zero-order valence-corrected chi connectivity index (χ0v) is 20.1. The third kappa shape index (κ3) is 3.93. The predicted molar refractivity (Wildman–Crippen MR) is 136 cm³/mol. The van der Waals surface area contributed by atoms with Crippen LogP contribution >= 0.6 is 0 Å². The molecule has 1 N–H and O–H groups in total. The van der Waals surface area contributed by atoms with E-state index in [9.17, 15) is 9.59 Å². The van der Waals surface area contributed by atoms with Crippen molar-refractivity contribution < 1.29 is 4.79 Å². The molecular weight excluding hydrogens is 440 g/mol. The van der Waals surface area contributed by atoms with Gasteiger partial charge in [-0.25, -0.2) is 9.36 Å². The summed E-state index contributed by atoms with van der Waals surface area (Å²) in [5.74, 6) is 0.283. The highest BCUT2D eigenvalue weighted by molar-refractivity contribution is 5.94. The third-order valence-corrected chi connectivity index (χ3v) is 6.12. The zero-order chi connectivity index (χ0) is 24.7. The molecule has 0 saturated heterocycles. The van der Waals surface area contributed by atoms with E-state index in [2.05, 4.69) is 10.4 Å². The fraction of sp³-hybridized carbons (Fsp3) is 0.185. The molecule has 2 aromatic carbocycles. The van der Waals surface area contributed by atoms with Gasteiger partial charge >= 0.3 is 0 Å². The lowest BCUT2D eigenvalue weighted by molar-refractivity contribution is -0.119. The van der Waals surface area contributed by atoms with Gasteiger partial charge in [0, 0.05) is 18.1 Å². The van der Waals surface area contributed by atoms with Gasteiger partial charge < -0.3 is 9.88 Å². The minimum absolute atomic E-state index is 0.316. The molecule has 176 valence electrons. The second-order valence-electron chi connectivity index (χ2n) is 8.70. The molecule has 0 unspecified atom stereocenters. The maximum atomic E-state index is 13.8. The molecule has 1 amide bonds. The first-order valence-electron chi connectivity index (χ1n) is 11.4. The van der Waals surface area contributed by atoms with E-state index in [4.69, 9.17) is 5.10 Å². The summed E-state index contributed by atoms with van der Waals surface area (Å²) in [5, 5.41) is 12.6. The van der Waals surface area contributed by atoms with E-state index >= 15 is 0 Å². The number of aryl methyl sites for hydroxylation is 3. The van der Waals surface area contributed by atoms with Gasteiger partial charge in [-0.1, -0.05) is 35.9 Å². The summed E-state index contributed by atoms with van der Waals surface area (Å²) in [6, 6.07) is 18.4. The number of para-hydroxylation sites is 1. The van der Waals surface area contributed by atoms with E-state index in [0.717, 1.165) is 16.8 Å². The summed E-state index contributed by atoms with van der Waals surface area (Å²) >= 11 is 0. The van der Waals surface area contributed by atoms with E-state index in [1.165, 1.54) is 4.68 Å². The average molecular weight is 467 g/mol. The highest BCUT2D eigenvalue weighted by atomic mass is 16.2. The smallest absolute Gasteiger partial charge is 0.280 e. The van der Waals surface area contributed by atoms with Crippen LogP contribution in [-0.2, 0) is 4.79 Å². The molecule has 0 aliphatic carbocycles. The van der Waals surface area contributed by atoms with Crippen LogP contribution in [0.4, 0.5) is 5.69 Å². The van der Waals surface area contributed by atoms with Crippen molar-refractivity contribution in [2.45, 2.75) is 33.7 Å². The summed E-state index contributed by atoms with van der Waals surface area (Å²) < 4.78 is 4.85. The number of hydrogen-bond donors (Lipinski definition) is 1. The minimum atomic E-state index is -0.830. The van der Waals surface area contributed by atoms with Gasteiger partial charge in [0.1, 0.15) is 16.9 Å². The maximum Gasteiger partial charge on any atom is 0.280 e. The monoisotopic (exact) mass is 466 g/mol. The Morgan fingerprint density at radius 3 is 2.34 bits per heavy atom. The lowest BCUT2D eigenvalue weighted by Gasteiger charge is -2.16. The Balaban J connectivity index is 1.65. The number of aromatic nitrogens is 5. The quantitative estimate of drug-likeness (QED) is 0.413. The Morgan fingerprint density at radius 1 is 0.943 bits per heavy atom. The Labute approximate surface area is 202 Å². The maximum absolute atomic E-state index is 13.8. The second kappa shape index (κ2) is 8.72. The fourth-order valence-corrected chi connectivity index (χ4v) is 4.26. The van der Waals surface area contributed by atoms with Crippen molar-refractivity contribution in [3.63, 3.8) is 0 Å². The number of fused-ring (bicyclic) bond motifs is 1. The molecule has 35 heavy (non-hydrogen) atoms. The number of nitrogens with one attached hydrogen (secondary N) is 1. The van der Waals surface area contributed by atoms with Crippen LogP contribution < -0.4 is 10.9 Å². The third-order valence-electron chi connectivity index (χ3n) is 6.12. The van der Waals surface area contributed by atoms with E-state index in [1.54, 1.807) is 18.5 Å². The number of hydrogen-bond acceptors (Lipinski definition) is 4. The molecule has 0 aliphatic heterocycles. The molecule has 0 bridgehead atoms. The lowest BCUT2D eigenvalue weighted by atomic mass is 10.1. The molecule has 8 heteroatoms. The van der Waals surface area contributed by atoms with Gasteiger partial charge in [0.25, 0.3) is 5.56 Å². The number of anilines is 1. The van der Waals surface area contributed by atoms with Crippen molar-refractivity contribution in [3.05, 3.63) is 100 Å². The van der Waals surface area contributed by atoms with Crippen LogP contribution in [0.25, 0.3) is 22.4 Å². The van der Waals surface area contributed by atoms with E-state index < -0.39 is 6.04 Å². The normalized spacial score (nSPS) is 12.1. The Bertz CT molecular complexity index is 1600. The first-order valence-corrected chi connectivity index (χ1v) is 11.4.